The number of piperidine rings is 1. The van der Waals surface area contributed by atoms with Gasteiger partial charge >= 0.3 is 12.2 Å². The topological polar surface area (TPSA) is 76.9 Å². The number of nitrogens with zero attached hydrogens (tertiary/aromatic N) is 4. The van der Waals surface area contributed by atoms with Crippen LogP contribution in [0.5, 0.6) is 0 Å². The summed E-state index contributed by atoms with van der Waals surface area (Å²) >= 11 is 0. The molecule has 0 saturated carbocycles. The Morgan fingerprint density at radius 2 is 1.60 bits per heavy atom. The number of carbonyl (C=O) groups is 2. The molecule has 1 amide bonds. The summed E-state index contributed by atoms with van der Waals surface area (Å²) in [5.41, 5.74) is 2.67. The van der Waals surface area contributed by atoms with Crippen molar-refractivity contribution < 1.29 is 19.1 Å². The minimum atomic E-state index is -0.629. The van der Waals surface area contributed by atoms with Crippen molar-refractivity contribution in [2.75, 3.05) is 27.2 Å². The van der Waals surface area contributed by atoms with Crippen molar-refractivity contribution in [2.45, 2.75) is 78.0 Å². The van der Waals surface area contributed by atoms with E-state index >= 15 is 0 Å². The highest BCUT2D eigenvalue weighted by Gasteiger charge is 2.32. The van der Waals surface area contributed by atoms with Crippen LogP contribution in [-0.4, -0.2) is 70.2 Å². The lowest BCUT2D eigenvalue weighted by Gasteiger charge is -2.33. The second-order valence-corrected chi connectivity index (χ2v) is 11.6. The van der Waals surface area contributed by atoms with Gasteiger partial charge in [-0.2, -0.15) is 9.78 Å². The number of aromatic nitrogens is 2. The number of amides is 1. The first kappa shape index (κ1) is 26.7. The highest BCUT2D eigenvalue weighted by molar-refractivity contribution is 5.75. The maximum absolute atomic E-state index is 12.8. The van der Waals surface area contributed by atoms with Gasteiger partial charge in [-0.05, 0) is 79.6 Å². The predicted molar refractivity (Wildman–Crippen MR) is 136 cm³/mol. The summed E-state index contributed by atoms with van der Waals surface area (Å²) in [4.78, 5) is 29.4. The molecule has 1 fully saturated rings. The average molecular weight is 485 g/mol. The van der Waals surface area contributed by atoms with Crippen LogP contribution in [0.25, 0.3) is 11.1 Å². The van der Waals surface area contributed by atoms with Crippen LogP contribution in [-0.2, 0) is 16.0 Å². The Morgan fingerprint density at radius 1 is 1.00 bits per heavy atom. The summed E-state index contributed by atoms with van der Waals surface area (Å²) in [7, 11) is 4.08. The van der Waals surface area contributed by atoms with Gasteiger partial charge in [0.25, 0.3) is 0 Å². The van der Waals surface area contributed by atoms with Crippen LogP contribution in [0.1, 0.15) is 71.6 Å². The number of ether oxygens (including phenoxy) is 2. The lowest BCUT2D eigenvalue weighted by Crippen LogP contribution is -2.42. The summed E-state index contributed by atoms with van der Waals surface area (Å²) in [5, 5.41) is 4.69. The molecule has 1 aliphatic heterocycles. The van der Waals surface area contributed by atoms with Crippen molar-refractivity contribution in [1.82, 2.24) is 19.6 Å². The average Bonchev–Trinajstić information content (AvgIpc) is 3.17. The van der Waals surface area contributed by atoms with E-state index in [1.165, 1.54) is 10.2 Å². The van der Waals surface area contributed by atoms with Gasteiger partial charge in [0.2, 0.25) is 0 Å². The summed E-state index contributed by atoms with van der Waals surface area (Å²) in [6.07, 6.45) is 2.62. The molecule has 0 aliphatic carbocycles. The van der Waals surface area contributed by atoms with Crippen LogP contribution in [0.3, 0.4) is 0 Å². The molecule has 0 spiro atoms. The van der Waals surface area contributed by atoms with E-state index in [0.717, 1.165) is 36.2 Å². The van der Waals surface area contributed by atoms with Gasteiger partial charge in [-0.3, -0.25) is 0 Å². The van der Waals surface area contributed by atoms with Crippen LogP contribution < -0.4 is 0 Å². The van der Waals surface area contributed by atoms with Crippen LogP contribution in [0.4, 0.5) is 9.59 Å². The van der Waals surface area contributed by atoms with Crippen molar-refractivity contribution in [3.63, 3.8) is 0 Å². The summed E-state index contributed by atoms with van der Waals surface area (Å²) in [6, 6.07) is 8.32. The van der Waals surface area contributed by atoms with E-state index in [4.69, 9.17) is 9.47 Å². The third-order valence-corrected chi connectivity index (χ3v) is 5.55. The maximum atomic E-state index is 12.8. The van der Waals surface area contributed by atoms with E-state index in [9.17, 15) is 9.59 Å². The van der Waals surface area contributed by atoms with Crippen molar-refractivity contribution in [3.05, 3.63) is 41.7 Å². The largest absolute Gasteiger partial charge is 0.444 e. The summed E-state index contributed by atoms with van der Waals surface area (Å²) < 4.78 is 12.5. The second kappa shape index (κ2) is 10.4. The number of hydrogen-bond acceptors (Lipinski definition) is 6. The zero-order chi connectivity index (χ0) is 26.0. The van der Waals surface area contributed by atoms with Crippen LogP contribution in [0.15, 0.2) is 30.5 Å². The first-order chi connectivity index (χ1) is 16.2. The van der Waals surface area contributed by atoms with Gasteiger partial charge < -0.3 is 19.3 Å². The van der Waals surface area contributed by atoms with E-state index in [2.05, 4.69) is 34.3 Å². The Hall–Kier alpha value is -2.87. The molecule has 0 unspecified atom stereocenters. The SMILES string of the molecule is CN(C)Cc1ccc(-c2cn(C(=O)OC(C)(C)C)nc2[C@H]2CCCN(C(=O)OC(C)(C)C)C2)cc1. The van der Waals surface area contributed by atoms with Crippen LogP contribution in [0, 0.1) is 0 Å². The Balaban J connectivity index is 1.94. The monoisotopic (exact) mass is 484 g/mol. The minimum absolute atomic E-state index is 0.0172. The molecule has 1 aliphatic rings. The number of carbonyl (C=O) groups excluding carboxylic acids is 2. The second-order valence-electron chi connectivity index (χ2n) is 11.6. The van der Waals surface area contributed by atoms with E-state index in [1.54, 1.807) is 11.1 Å². The predicted octanol–water partition coefficient (Wildman–Crippen LogP) is 5.51. The molecule has 0 N–H and O–H groups in total. The molecule has 0 bridgehead atoms. The molecule has 1 atom stereocenters. The Bertz CT molecular complexity index is 1030. The molecule has 0 radical (unpaired) electrons. The molecule has 8 heteroatoms. The lowest BCUT2D eigenvalue weighted by atomic mass is 9.90. The zero-order valence-corrected chi connectivity index (χ0v) is 22.4. The van der Waals surface area contributed by atoms with Crippen LogP contribution >= 0.6 is 0 Å². The number of likely N-dealkylation sites (tertiary alicyclic amines) is 1. The Morgan fingerprint density at radius 3 is 2.17 bits per heavy atom. The minimum Gasteiger partial charge on any atom is -0.444 e. The third kappa shape index (κ3) is 7.56. The van der Waals surface area contributed by atoms with E-state index < -0.39 is 17.3 Å². The summed E-state index contributed by atoms with van der Waals surface area (Å²) in [5.74, 6) is -0.0172. The molecular formula is C27H40N4O4. The molecule has 2 heterocycles. The van der Waals surface area contributed by atoms with Gasteiger partial charge in [-0.15, -0.1) is 0 Å². The van der Waals surface area contributed by atoms with Crippen molar-refractivity contribution >= 4 is 12.2 Å². The van der Waals surface area contributed by atoms with E-state index in [0.29, 0.717) is 13.1 Å². The first-order valence-corrected chi connectivity index (χ1v) is 12.3. The number of rotatable bonds is 4. The fourth-order valence-electron chi connectivity index (χ4n) is 4.16. The fraction of sp³-hybridized carbons (Fsp3) is 0.593. The summed E-state index contributed by atoms with van der Waals surface area (Å²) in [6.45, 7) is 13.1. The number of hydrogen-bond donors (Lipinski definition) is 0. The smallest absolute Gasteiger partial charge is 0.435 e. The standard InChI is InChI=1S/C27H40N4O4/c1-26(2,3)34-24(32)30-15-9-10-21(17-30)23-22(18-31(28-23)25(33)35-27(4,5)6)20-13-11-19(12-14-20)16-29(7)8/h11-14,18,21H,9-10,15-17H2,1-8H3/t21-/m0/s1. The molecule has 1 aromatic carbocycles. The van der Waals surface area contributed by atoms with Gasteiger partial charge in [-0.25, -0.2) is 9.59 Å². The molecular weight excluding hydrogens is 444 g/mol. The van der Waals surface area contributed by atoms with Crippen molar-refractivity contribution in [2.24, 2.45) is 0 Å². The molecule has 192 valence electrons. The van der Waals surface area contributed by atoms with Crippen molar-refractivity contribution in [3.8, 4) is 11.1 Å². The zero-order valence-electron chi connectivity index (χ0n) is 22.4. The van der Waals surface area contributed by atoms with E-state index in [-0.39, 0.29) is 12.0 Å². The van der Waals surface area contributed by atoms with Gasteiger partial charge in [0, 0.05) is 37.3 Å². The molecule has 8 nitrogen and oxygen atoms in total. The lowest BCUT2D eigenvalue weighted by molar-refractivity contribution is 0.0196. The van der Waals surface area contributed by atoms with E-state index in [1.807, 2.05) is 55.6 Å². The highest BCUT2D eigenvalue weighted by atomic mass is 16.6. The fourth-order valence-corrected chi connectivity index (χ4v) is 4.16. The molecule has 1 saturated heterocycles. The van der Waals surface area contributed by atoms with Crippen LogP contribution in [0.2, 0.25) is 0 Å². The normalized spacial score (nSPS) is 16.9. The van der Waals surface area contributed by atoms with Crippen molar-refractivity contribution in [1.29, 1.82) is 0 Å². The van der Waals surface area contributed by atoms with Gasteiger partial charge in [0.15, 0.2) is 0 Å². The molecule has 3 rings (SSSR count). The van der Waals surface area contributed by atoms with Gasteiger partial charge in [-0.1, -0.05) is 24.3 Å². The van der Waals surface area contributed by atoms with Gasteiger partial charge in [0.05, 0.1) is 5.69 Å². The Labute approximate surface area is 209 Å². The molecule has 1 aromatic heterocycles. The molecule has 2 aromatic rings. The number of benzene rings is 1. The quantitative estimate of drug-likeness (QED) is 0.570. The molecule has 35 heavy (non-hydrogen) atoms. The first-order valence-electron chi connectivity index (χ1n) is 12.3. The Kier molecular flexibility index (Phi) is 7.94. The highest BCUT2D eigenvalue weighted by Crippen LogP contribution is 2.34. The maximum Gasteiger partial charge on any atom is 0.435 e. The third-order valence-electron chi connectivity index (χ3n) is 5.55. The van der Waals surface area contributed by atoms with Gasteiger partial charge in [0.1, 0.15) is 11.2 Å².